The summed E-state index contributed by atoms with van der Waals surface area (Å²) >= 11 is 0. The average Bonchev–Trinajstić information content (AvgIpc) is 2.20. The summed E-state index contributed by atoms with van der Waals surface area (Å²) < 4.78 is 10.5. The smallest absolute Gasteiger partial charge is 0.344 e. The Kier molecular flexibility index (Phi) is 6.73. The van der Waals surface area contributed by atoms with Crippen LogP contribution in [-0.4, -0.2) is 45.8 Å². The van der Waals surface area contributed by atoms with Crippen molar-refractivity contribution in [1.82, 2.24) is 5.32 Å². The number of carbonyl (C=O) groups excluding carboxylic acids is 1. The molecule has 0 bridgehead atoms. The molecule has 0 aromatic heterocycles. The Balaban J connectivity index is 3.86. The molecule has 0 rings (SSSR count). The number of carbonyl (C=O) groups is 1. The van der Waals surface area contributed by atoms with Crippen LogP contribution < -0.4 is 16.8 Å². The van der Waals surface area contributed by atoms with E-state index in [0.29, 0.717) is 0 Å². The van der Waals surface area contributed by atoms with Gasteiger partial charge in [-0.2, -0.15) is 0 Å². The molecule has 0 radical (unpaired) electrons. The van der Waals surface area contributed by atoms with Crippen LogP contribution in [0.25, 0.3) is 0 Å². The fourth-order valence-corrected chi connectivity index (χ4v) is 1.29. The molecule has 16 heavy (non-hydrogen) atoms. The van der Waals surface area contributed by atoms with Gasteiger partial charge in [0.25, 0.3) is 0 Å². The fraction of sp³-hybridized carbons (Fsp3) is 0.857. The number of hydrogen-bond acceptors (Lipinski definition) is 5. The van der Waals surface area contributed by atoms with Crippen molar-refractivity contribution in [3.63, 3.8) is 0 Å². The van der Waals surface area contributed by atoms with Gasteiger partial charge in [0.2, 0.25) is 5.91 Å². The second kappa shape index (κ2) is 6.95. The Morgan fingerprint density at radius 1 is 1.38 bits per heavy atom. The van der Waals surface area contributed by atoms with Crippen LogP contribution in [0, 0.1) is 0 Å². The number of aliphatic hydroxyl groups is 1. The molecule has 9 heteroatoms. The van der Waals surface area contributed by atoms with Gasteiger partial charge in [0, 0.05) is 6.54 Å². The largest absolute Gasteiger partial charge is 0.392 e. The maximum absolute atomic E-state index is 11.2. The lowest BCUT2D eigenvalue weighted by atomic mass is 10.1. The summed E-state index contributed by atoms with van der Waals surface area (Å²) in [5.74, 6) is -0.660. The number of rotatable bonds is 7. The standard InChI is InChI=1S/C7H18N3O5P/c8-3-5(11)1-2-6(9)7(12)10-4-16(13,14)15/h5-6,11H,1-4,8-9H2,(H,10,12)(H2,13,14,15)/t5-,6+/m1/s1. The van der Waals surface area contributed by atoms with Gasteiger partial charge in [0.05, 0.1) is 12.1 Å². The summed E-state index contributed by atoms with van der Waals surface area (Å²) in [7, 11) is -4.26. The molecular weight excluding hydrogens is 237 g/mol. The number of nitrogens with two attached hydrogens (primary N) is 2. The number of aliphatic hydroxyl groups excluding tert-OH is 1. The quantitative estimate of drug-likeness (QED) is 0.278. The molecule has 0 unspecified atom stereocenters. The van der Waals surface area contributed by atoms with Crippen LogP contribution in [0.3, 0.4) is 0 Å². The zero-order valence-electron chi connectivity index (χ0n) is 8.74. The molecule has 8 nitrogen and oxygen atoms in total. The lowest BCUT2D eigenvalue weighted by molar-refractivity contribution is -0.122. The van der Waals surface area contributed by atoms with Crippen LogP contribution in [0.15, 0.2) is 0 Å². The van der Waals surface area contributed by atoms with E-state index < -0.39 is 31.9 Å². The molecule has 96 valence electrons. The Bertz CT molecular complexity index is 269. The predicted molar refractivity (Wildman–Crippen MR) is 57.3 cm³/mol. The molecule has 1 amide bonds. The lowest BCUT2D eigenvalue weighted by Crippen LogP contribution is -2.41. The first-order chi connectivity index (χ1) is 7.26. The Hall–Kier alpha value is -0.500. The number of amides is 1. The summed E-state index contributed by atoms with van der Waals surface area (Å²) in [4.78, 5) is 28.2. The molecule has 0 aliphatic carbocycles. The summed E-state index contributed by atoms with van der Waals surface area (Å²) in [6.07, 6.45) is -0.994. The monoisotopic (exact) mass is 255 g/mol. The summed E-state index contributed by atoms with van der Waals surface area (Å²) in [5, 5.41) is 11.1. The van der Waals surface area contributed by atoms with Crippen LogP contribution in [-0.2, 0) is 9.36 Å². The fourth-order valence-electron chi connectivity index (χ4n) is 0.933. The van der Waals surface area contributed by atoms with Gasteiger partial charge in [-0.25, -0.2) is 0 Å². The summed E-state index contributed by atoms with van der Waals surface area (Å²) in [6, 6.07) is -0.909. The van der Waals surface area contributed by atoms with Crippen molar-refractivity contribution in [3.8, 4) is 0 Å². The molecule has 0 aromatic rings. The molecule has 0 spiro atoms. The Morgan fingerprint density at radius 3 is 2.38 bits per heavy atom. The molecule has 2 atom stereocenters. The molecule has 0 fully saturated rings. The van der Waals surface area contributed by atoms with E-state index in [4.69, 9.17) is 26.4 Å². The second-order valence-corrected chi connectivity index (χ2v) is 5.08. The molecular formula is C7H18N3O5P. The van der Waals surface area contributed by atoms with Crippen LogP contribution in [0.1, 0.15) is 12.8 Å². The average molecular weight is 255 g/mol. The van der Waals surface area contributed by atoms with Crippen LogP contribution >= 0.6 is 7.60 Å². The minimum atomic E-state index is -4.26. The van der Waals surface area contributed by atoms with E-state index in [9.17, 15) is 9.36 Å². The zero-order valence-corrected chi connectivity index (χ0v) is 9.64. The van der Waals surface area contributed by atoms with Gasteiger partial charge in [0.15, 0.2) is 0 Å². The van der Waals surface area contributed by atoms with Crippen molar-refractivity contribution >= 4 is 13.5 Å². The molecule has 0 saturated carbocycles. The first kappa shape index (κ1) is 15.5. The first-order valence-electron chi connectivity index (χ1n) is 4.72. The maximum atomic E-state index is 11.2. The highest BCUT2D eigenvalue weighted by molar-refractivity contribution is 7.51. The van der Waals surface area contributed by atoms with E-state index in [1.807, 2.05) is 5.32 Å². The van der Waals surface area contributed by atoms with Crippen LogP contribution in [0.5, 0.6) is 0 Å². The van der Waals surface area contributed by atoms with Crippen molar-refractivity contribution < 1.29 is 24.3 Å². The third-order valence-electron chi connectivity index (χ3n) is 1.88. The minimum Gasteiger partial charge on any atom is -0.392 e. The van der Waals surface area contributed by atoms with E-state index in [0.717, 1.165) is 0 Å². The van der Waals surface area contributed by atoms with Crippen LogP contribution in [0.2, 0.25) is 0 Å². The van der Waals surface area contributed by atoms with Crippen molar-refractivity contribution in [2.75, 3.05) is 12.8 Å². The highest BCUT2D eigenvalue weighted by Crippen LogP contribution is 2.31. The number of nitrogens with one attached hydrogen (secondary N) is 1. The van der Waals surface area contributed by atoms with Crippen molar-refractivity contribution in [1.29, 1.82) is 0 Å². The SMILES string of the molecule is NC[C@H](O)CC[C@H](N)C(=O)NCP(=O)(O)O. The maximum Gasteiger partial charge on any atom is 0.344 e. The summed E-state index contributed by atoms with van der Waals surface area (Å²) in [6.45, 7) is 0.0802. The van der Waals surface area contributed by atoms with E-state index in [2.05, 4.69) is 0 Å². The van der Waals surface area contributed by atoms with Crippen molar-refractivity contribution in [2.45, 2.75) is 25.0 Å². The lowest BCUT2D eigenvalue weighted by Gasteiger charge is -2.14. The van der Waals surface area contributed by atoms with Crippen molar-refractivity contribution in [2.24, 2.45) is 11.5 Å². The molecule has 8 N–H and O–H groups in total. The highest BCUT2D eigenvalue weighted by atomic mass is 31.2. The van der Waals surface area contributed by atoms with E-state index in [1.165, 1.54) is 0 Å². The second-order valence-electron chi connectivity index (χ2n) is 3.44. The Morgan fingerprint density at radius 2 is 1.94 bits per heavy atom. The van der Waals surface area contributed by atoms with Gasteiger partial charge in [-0.1, -0.05) is 0 Å². The first-order valence-corrected chi connectivity index (χ1v) is 6.52. The molecule has 0 aromatic carbocycles. The molecule has 0 aliphatic rings. The third-order valence-corrected chi connectivity index (χ3v) is 2.45. The van der Waals surface area contributed by atoms with E-state index in [1.54, 1.807) is 0 Å². The predicted octanol–water partition coefficient (Wildman–Crippen LogP) is -2.34. The van der Waals surface area contributed by atoms with Gasteiger partial charge in [-0.3, -0.25) is 9.36 Å². The van der Waals surface area contributed by atoms with E-state index in [-0.39, 0.29) is 19.4 Å². The van der Waals surface area contributed by atoms with Gasteiger partial charge in [-0.05, 0) is 12.8 Å². The third kappa shape index (κ3) is 7.75. The van der Waals surface area contributed by atoms with Crippen molar-refractivity contribution in [3.05, 3.63) is 0 Å². The zero-order chi connectivity index (χ0) is 12.8. The highest BCUT2D eigenvalue weighted by Gasteiger charge is 2.19. The van der Waals surface area contributed by atoms with Gasteiger partial charge < -0.3 is 31.7 Å². The van der Waals surface area contributed by atoms with Gasteiger partial charge >= 0.3 is 7.60 Å². The van der Waals surface area contributed by atoms with Gasteiger partial charge in [0.1, 0.15) is 6.29 Å². The topological polar surface area (TPSA) is 159 Å². The number of hydrogen-bond donors (Lipinski definition) is 6. The summed E-state index contributed by atoms with van der Waals surface area (Å²) in [5.41, 5.74) is 10.6. The minimum absolute atomic E-state index is 0.0802. The van der Waals surface area contributed by atoms with Crippen LogP contribution in [0.4, 0.5) is 0 Å². The Labute approximate surface area is 93.2 Å². The molecule has 0 aliphatic heterocycles. The normalized spacial score (nSPS) is 15.6. The van der Waals surface area contributed by atoms with E-state index >= 15 is 0 Å². The molecule has 0 saturated heterocycles. The van der Waals surface area contributed by atoms with Gasteiger partial charge in [-0.15, -0.1) is 0 Å². The molecule has 0 heterocycles.